The van der Waals surface area contributed by atoms with Crippen LogP contribution in [0, 0.1) is 18.8 Å². The maximum atomic E-state index is 16.6. The number of nitrogens with zero attached hydrogens (tertiary/aromatic N) is 4. The maximum Gasteiger partial charge on any atom is 0.323 e. The van der Waals surface area contributed by atoms with E-state index in [0.29, 0.717) is 35.1 Å². The summed E-state index contributed by atoms with van der Waals surface area (Å²) in [5.41, 5.74) is 4.56. The lowest BCUT2D eigenvalue weighted by atomic mass is 9.87. The van der Waals surface area contributed by atoms with Gasteiger partial charge >= 0.3 is 11.9 Å². The minimum absolute atomic E-state index is 0.213. The van der Waals surface area contributed by atoms with Gasteiger partial charge in [-0.3, -0.25) is 14.2 Å². The number of aryl methyl sites for hydroxylation is 1. The molecule has 0 amide bonds. The van der Waals surface area contributed by atoms with Crippen molar-refractivity contribution in [3.8, 4) is 0 Å². The van der Waals surface area contributed by atoms with Gasteiger partial charge in [-0.1, -0.05) is 33.1 Å². The SMILES string of the molecule is CNc1nc(C)nc2c1ncn2[C@@H]1O[C@H](COC(=O)CC2CCCCC2)[C@@H](OC(=O)[C@@H](N)C(C)C)[C@@]1(C)F. The molecule has 5 atom stereocenters. The molecule has 0 spiro atoms. The van der Waals surface area contributed by atoms with Gasteiger partial charge in [-0.15, -0.1) is 0 Å². The molecule has 12 heteroatoms. The Morgan fingerprint density at radius 2 is 2.00 bits per heavy atom. The lowest BCUT2D eigenvalue weighted by Crippen LogP contribution is -2.48. The molecule has 0 aromatic carbocycles. The topological polar surface area (TPSA) is 143 Å². The van der Waals surface area contributed by atoms with E-state index in [1.807, 2.05) is 0 Å². The summed E-state index contributed by atoms with van der Waals surface area (Å²) in [6.07, 6.45) is 3.42. The Morgan fingerprint density at radius 1 is 1.29 bits per heavy atom. The highest BCUT2D eigenvalue weighted by Crippen LogP contribution is 2.44. The second-order valence-electron chi connectivity index (χ2n) is 10.9. The molecule has 0 bridgehead atoms. The first-order valence-corrected chi connectivity index (χ1v) is 13.4. The minimum atomic E-state index is -2.22. The summed E-state index contributed by atoms with van der Waals surface area (Å²) in [7, 11) is 1.71. The molecule has 1 aliphatic carbocycles. The lowest BCUT2D eigenvalue weighted by Gasteiger charge is -2.29. The Bertz CT molecular complexity index is 1150. The van der Waals surface area contributed by atoms with Crippen molar-refractivity contribution < 1.29 is 28.2 Å². The van der Waals surface area contributed by atoms with E-state index >= 15 is 4.39 Å². The lowest BCUT2D eigenvalue weighted by molar-refractivity contribution is -0.163. The van der Waals surface area contributed by atoms with E-state index in [4.69, 9.17) is 19.9 Å². The number of hydrogen-bond acceptors (Lipinski definition) is 10. The highest BCUT2D eigenvalue weighted by molar-refractivity contribution is 5.83. The molecule has 38 heavy (non-hydrogen) atoms. The van der Waals surface area contributed by atoms with E-state index in [1.165, 1.54) is 24.2 Å². The zero-order valence-electron chi connectivity index (χ0n) is 22.8. The molecule has 2 fully saturated rings. The molecule has 1 aliphatic heterocycles. The van der Waals surface area contributed by atoms with Crippen LogP contribution in [0.2, 0.25) is 0 Å². The molecule has 4 rings (SSSR count). The summed E-state index contributed by atoms with van der Waals surface area (Å²) in [6, 6.07) is -0.943. The fraction of sp³-hybridized carbons (Fsp3) is 0.731. The number of nitrogens with one attached hydrogen (secondary N) is 1. The molecule has 11 nitrogen and oxygen atoms in total. The molecule has 2 aromatic rings. The van der Waals surface area contributed by atoms with Gasteiger partial charge < -0.3 is 25.3 Å². The molecular formula is C26H39FN6O5. The van der Waals surface area contributed by atoms with Crippen molar-refractivity contribution in [2.24, 2.45) is 17.6 Å². The van der Waals surface area contributed by atoms with Crippen molar-refractivity contribution in [1.29, 1.82) is 0 Å². The first-order valence-electron chi connectivity index (χ1n) is 13.4. The van der Waals surface area contributed by atoms with Gasteiger partial charge in [0.15, 0.2) is 35.0 Å². The van der Waals surface area contributed by atoms with E-state index in [1.54, 1.807) is 27.8 Å². The second-order valence-corrected chi connectivity index (χ2v) is 10.9. The number of fused-ring (bicyclic) bond motifs is 1. The summed E-state index contributed by atoms with van der Waals surface area (Å²) in [6.45, 7) is 6.29. The fourth-order valence-electron chi connectivity index (χ4n) is 5.24. The largest absolute Gasteiger partial charge is 0.463 e. The molecule has 0 radical (unpaired) electrons. The smallest absolute Gasteiger partial charge is 0.323 e. The maximum absolute atomic E-state index is 16.6. The number of aromatic nitrogens is 4. The van der Waals surface area contributed by atoms with Gasteiger partial charge in [0.25, 0.3) is 0 Å². The highest BCUT2D eigenvalue weighted by Gasteiger charge is 2.59. The Morgan fingerprint density at radius 3 is 2.66 bits per heavy atom. The fourth-order valence-corrected chi connectivity index (χ4v) is 5.24. The van der Waals surface area contributed by atoms with Gasteiger partial charge in [0.1, 0.15) is 24.6 Å². The normalized spacial score (nSPS) is 27.0. The van der Waals surface area contributed by atoms with Crippen LogP contribution in [0.25, 0.3) is 11.2 Å². The van der Waals surface area contributed by atoms with Crippen molar-refractivity contribution in [2.45, 2.75) is 96.4 Å². The Balaban J connectivity index is 1.59. The van der Waals surface area contributed by atoms with Gasteiger partial charge in [-0.05, 0) is 38.5 Å². The van der Waals surface area contributed by atoms with Crippen LogP contribution in [0.5, 0.6) is 0 Å². The van der Waals surface area contributed by atoms with Crippen LogP contribution in [-0.2, 0) is 23.8 Å². The van der Waals surface area contributed by atoms with E-state index in [2.05, 4.69) is 20.3 Å². The highest BCUT2D eigenvalue weighted by atomic mass is 19.1. The Kier molecular flexibility index (Phi) is 8.51. The Hall–Kier alpha value is -2.86. The van der Waals surface area contributed by atoms with Crippen LogP contribution in [-0.4, -0.2) is 69.0 Å². The number of rotatable bonds is 9. The number of esters is 2. The number of carbonyl (C=O) groups is 2. The number of imidazole rings is 1. The number of ether oxygens (including phenoxy) is 3. The zero-order valence-corrected chi connectivity index (χ0v) is 22.8. The summed E-state index contributed by atoms with van der Waals surface area (Å²) in [5, 5.41) is 2.97. The van der Waals surface area contributed by atoms with E-state index in [9.17, 15) is 9.59 Å². The number of halogens is 1. The molecule has 1 saturated heterocycles. The third kappa shape index (κ3) is 5.75. The van der Waals surface area contributed by atoms with E-state index < -0.39 is 36.1 Å². The molecular weight excluding hydrogens is 495 g/mol. The zero-order chi connectivity index (χ0) is 27.6. The predicted octanol–water partition coefficient (Wildman–Crippen LogP) is 3.21. The van der Waals surface area contributed by atoms with Gasteiger partial charge in [0.2, 0.25) is 0 Å². The van der Waals surface area contributed by atoms with Gasteiger partial charge in [0, 0.05) is 13.5 Å². The van der Waals surface area contributed by atoms with Crippen molar-refractivity contribution in [1.82, 2.24) is 19.5 Å². The first kappa shape index (κ1) is 28.2. The predicted molar refractivity (Wildman–Crippen MR) is 138 cm³/mol. The van der Waals surface area contributed by atoms with Crippen LogP contribution >= 0.6 is 0 Å². The molecule has 2 aromatic heterocycles. The third-order valence-electron chi connectivity index (χ3n) is 7.53. The summed E-state index contributed by atoms with van der Waals surface area (Å²) < 4.78 is 35.3. The number of nitrogens with two attached hydrogens (primary N) is 1. The standard InChI is InChI=1S/C26H39FN6O5/c1-14(2)19(28)24(35)38-21-17(12-36-18(34)11-16-9-7-6-8-10-16)37-25(26(21,4)27)33-13-30-20-22(29-5)31-15(3)32-23(20)33/h13-14,16-17,19,21,25H,6-12,28H2,1-5H3,(H,29,31,32)/t17-,19+,21-,25-,26-/m1/s1. The number of anilines is 1. The molecule has 3 heterocycles. The van der Waals surface area contributed by atoms with Crippen molar-refractivity contribution >= 4 is 28.9 Å². The van der Waals surface area contributed by atoms with Crippen LogP contribution in [0.4, 0.5) is 10.2 Å². The average Bonchev–Trinajstić information content (AvgIpc) is 3.40. The van der Waals surface area contributed by atoms with Crippen molar-refractivity contribution in [3.05, 3.63) is 12.2 Å². The monoisotopic (exact) mass is 534 g/mol. The van der Waals surface area contributed by atoms with Gasteiger partial charge in [-0.25, -0.2) is 19.3 Å². The van der Waals surface area contributed by atoms with E-state index in [-0.39, 0.29) is 18.5 Å². The van der Waals surface area contributed by atoms with Gasteiger partial charge in [-0.2, -0.15) is 0 Å². The summed E-state index contributed by atoms with van der Waals surface area (Å²) in [5.74, 6) is -0.0915. The summed E-state index contributed by atoms with van der Waals surface area (Å²) in [4.78, 5) is 38.5. The number of carbonyl (C=O) groups excluding carboxylic acids is 2. The summed E-state index contributed by atoms with van der Waals surface area (Å²) >= 11 is 0. The van der Waals surface area contributed by atoms with Crippen LogP contribution in [0.3, 0.4) is 0 Å². The molecule has 2 aliphatic rings. The average molecular weight is 535 g/mol. The third-order valence-corrected chi connectivity index (χ3v) is 7.53. The Labute approximate surface area is 222 Å². The van der Waals surface area contributed by atoms with Crippen LogP contribution < -0.4 is 11.1 Å². The van der Waals surface area contributed by atoms with Gasteiger partial charge in [0.05, 0.1) is 6.33 Å². The van der Waals surface area contributed by atoms with Crippen molar-refractivity contribution in [2.75, 3.05) is 19.0 Å². The van der Waals surface area contributed by atoms with Crippen LogP contribution in [0.1, 0.15) is 71.3 Å². The molecule has 0 unspecified atom stereocenters. The number of hydrogen-bond donors (Lipinski definition) is 2. The molecule has 210 valence electrons. The minimum Gasteiger partial charge on any atom is -0.463 e. The van der Waals surface area contributed by atoms with Crippen molar-refractivity contribution in [3.63, 3.8) is 0 Å². The molecule has 3 N–H and O–H groups in total. The quantitative estimate of drug-likeness (QED) is 0.460. The number of alkyl halides is 1. The second kappa shape index (κ2) is 11.5. The van der Waals surface area contributed by atoms with E-state index in [0.717, 1.165) is 25.7 Å². The van der Waals surface area contributed by atoms with Crippen LogP contribution in [0.15, 0.2) is 6.33 Å². The molecule has 1 saturated carbocycles. The first-order chi connectivity index (χ1) is 18.0.